The molecule has 1 amide bonds. The Morgan fingerprint density at radius 1 is 0.941 bits per heavy atom. The van der Waals surface area contributed by atoms with E-state index in [1.807, 2.05) is 0 Å². The molecule has 0 bridgehead atoms. The molecule has 0 atom stereocenters. The second-order valence-corrected chi connectivity index (χ2v) is 7.81. The first-order valence-corrected chi connectivity index (χ1v) is 10.8. The van der Waals surface area contributed by atoms with Gasteiger partial charge < -0.3 is 10.1 Å². The fourth-order valence-electron chi connectivity index (χ4n) is 3.73. The number of halogens is 1. The minimum atomic E-state index is -0.670. The average Bonchev–Trinajstić information content (AvgIpc) is 2.85. The minimum absolute atomic E-state index is 0.0104. The molecule has 1 N–H and O–H groups in total. The van der Waals surface area contributed by atoms with Crippen LogP contribution in [-0.2, 0) is 12.8 Å². The highest BCUT2D eigenvalue weighted by atomic mass is 19.1. The lowest BCUT2D eigenvalue weighted by Gasteiger charge is -2.12. The maximum atomic E-state index is 13.2. The van der Waals surface area contributed by atoms with Gasteiger partial charge in [0.05, 0.1) is 19.0 Å². The first-order valence-electron chi connectivity index (χ1n) is 10.8. The topological polar surface area (TPSA) is 77.4 Å². The second-order valence-electron chi connectivity index (χ2n) is 7.81. The van der Waals surface area contributed by atoms with Crippen molar-refractivity contribution < 1.29 is 18.7 Å². The molecule has 1 heterocycles. The van der Waals surface area contributed by atoms with Gasteiger partial charge in [0.2, 0.25) is 5.91 Å². The van der Waals surface area contributed by atoms with E-state index in [1.54, 1.807) is 67.8 Å². The predicted octanol–water partition coefficient (Wildman–Crippen LogP) is 4.00. The van der Waals surface area contributed by atoms with Crippen molar-refractivity contribution >= 4 is 22.7 Å². The number of fused-ring (bicyclic) bond motifs is 1. The van der Waals surface area contributed by atoms with Crippen LogP contribution >= 0.6 is 0 Å². The Kier molecular flexibility index (Phi) is 6.82. The Morgan fingerprint density at radius 2 is 1.62 bits per heavy atom. The van der Waals surface area contributed by atoms with Crippen LogP contribution in [0.2, 0.25) is 0 Å². The fraction of sp³-hybridized carbons (Fsp3) is 0.148. The number of rotatable bonds is 7. The molecule has 1 aromatic heterocycles. The van der Waals surface area contributed by atoms with Gasteiger partial charge >= 0.3 is 0 Å². The summed E-state index contributed by atoms with van der Waals surface area (Å²) in [6.45, 7) is 0.260. The number of aromatic nitrogens is 1. The predicted molar refractivity (Wildman–Crippen MR) is 128 cm³/mol. The molecule has 0 fully saturated rings. The third kappa shape index (κ3) is 5.04. The van der Waals surface area contributed by atoms with Gasteiger partial charge in [0.25, 0.3) is 11.5 Å². The highest BCUT2D eigenvalue weighted by Gasteiger charge is 2.19. The van der Waals surface area contributed by atoms with E-state index in [-0.39, 0.29) is 24.3 Å². The van der Waals surface area contributed by atoms with Crippen LogP contribution in [-0.4, -0.2) is 30.0 Å². The number of carbonyl (C=O) groups excluding carboxylic acids is 2. The molecule has 4 rings (SSSR count). The number of hydrogen-bond donors (Lipinski definition) is 1. The van der Waals surface area contributed by atoms with E-state index in [4.69, 9.17) is 4.74 Å². The zero-order valence-electron chi connectivity index (χ0n) is 18.6. The van der Waals surface area contributed by atoms with Gasteiger partial charge in [-0.2, -0.15) is 0 Å². The van der Waals surface area contributed by atoms with Crippen LogP contribution < -0.4 is 15.6 Å². The van der Waals surface area contributed by atoms with Crippen LogP contribution in [0, 0.1) is 5.82 Å². The lowest BCUT2D eigenvalue weighted by Crippen LogP contribution is -2.36. The molecular formula is C27H23FN2O4. The third-order valence-corrected chi connectivity index (χ3v) is 5.53. The van der Waals surface area contributed by atoms with Crippen molar-refractivity contribution in [3.05, 3.63) is 112 Å². The maximum Gasteiger partial charge on any atom is 0.270 e. The number of methoxy groups -OCH3 is 1. The van der Waals surface area contributed by atoms with E-state index in [0.29, 0.717) is 23.1 Å². The fourth-order valence-corrected chi connectivity index (χ4v) is 3.73. The van der Waals surface area contributed by atoms with Crippen molar-refractivity contribution in [1.82, 2.24) is 9.88 Å². The average molecular weight is 458 g/mol. The Bertz CT molecular complexity index is 1390. The molecule has 4 aromatic rings. The molecular weight excluding hydrogens is 435 g/mol. The van der Waals surface area contributed by atoms with E-state index in [2.05, 4.69) is 5.32 Å². The molecule has 172 valence electrons. The number of benzene rings is 3. The van der Waals surface area contributed by atoms with Gasteiger partial charge in [-0.1, -0.05) is 42.5 Å². The van der Waals surface area contributed by atoms with Crippen LogP contribution in [0.15, 0.2) is 83.7 Å². The normalized spacial score (nSPS) is 10.8. The van der Waals surface area contributed by atoms with E-state index < -0.39 is 17.4 Å². The number of carbonyl (C=O) groups is 2. The summed E-state index contributed by atoms with van der Waals surface area (Å²) in [6, 6.07) is 21.4. The number of amides is 1. The largest absolute Gasteiger partial charge is 0.497 e. The highest BCUT2D eigenvalue weighted by molar-refractivity contribution is 6.00. The van der Waals surface area contributed by atoms with E-state index in [1.165, 1.54) is 18.2 Å². The van der Waals surface area contributed by atoms with Gasteiger partial charge in [-0.3, -0.25) is 14.4 Å². The molecule has 0 spiro atoms. The standard InChI is InChI=1S/C27H23FN2O4/c1-34-22-12-8-19(9-13-22)16-25(31)30-24-5-3-2-4-20(24)17-23(27(30)33)26(32)29-15-14-18-6-10-21(28)11-7-18/h2-13,17H,14-16H2,1H3,(H,29,32). The molecule has 0 saturated heterocycles. The van der Waals surface area contributed by atoms with Crippen molar-refractivity contribution in [1.29, 1.82) is 0 Å². The third-order valence-electron chi connectivity index (χ3n) is 5.53. The van der Waals surface area contributed by atoms with Crippen LogP contribution in [0.3, 0.4) is 0 Å². The van der Waals surface area contributed by atoms with Crippen molar-refractivity contribution in [3.8, 4) is 5.75 Å². The van der Waals surface area contributed by atoms with Gasteiger partial charge in [-0.05, 0) is 59.3 Å². The van der Waals surface area contributed by atoms with Gasteiger partial charge in [-0.25, -0.2) is 8.96 Å². The van der Waals surface area contributed by atoms with Gasteiger partial charge in [0, 0.05) is 6.54 Å². The zero-order chi connectivity index (χ0) is 24.1. The summed E-state index contributed by atoms with van der Waals surface area (Å²) >= 11 is 0. The number of nitrogens with zero attached hydrogens (tertiary/aromatic N) is 1. The molecule has 0 unspecified atom stereocenters. The van der Waals surface area contributed by atoms with Crippen molar-refractivity contribution in [2.75, 3.05) is 13.7 Å². The molecule has 6 nitrogen and oxygen atoms in total. The van der Waals surface area contributed by atoms with Crippen molar-refractivity contribution in [2.45, 2.75) is 12.8 Å². The number of nitrogens with one attached hydrogen (secondary N) is 1. The molecule has 7 heteroatoms. The maximum absolute atomic E-state index is 13.2. The SMILES string of the molecule is COc1ccc(CC(=O)n2c(=O)c(C(=O)NCCc3ccc(F)cc3)cc3ccccc32)cc1. The number of pyridine rings is 1. The Morgan fingerprint density at radius 3 is 2.32 bits per heavy atom. The Labute approximate surface area is 195 Å². The lowest BCUT2D eigenvalue weighted by atomic mass is 10.1. The number of ether oxygens (including phenoxy) is 1. The number of para-hydroxylation sites is 1. The van der Waals surface area contributed by atoms with E-state index >= 15 is 0 Å². The molecule has 0 radical (unpaired) electrons. The second kappa shape index (κ2) is 10.1. The Balaban J connectivity index is 1.59. The lowest BCUT2D eigenvalue weighted by molar-refractivity contribution is 0.0914. The van der Waals surface area contributed by atoms with E-state index in [9.17, 15) is 18.8 Å². The van der Waals surface area contributed by atoms with Gasteiger partial charge in [0.1, 0.15) is 17.1 Å². The van der Waals surface area contributed by atoms with Crippen LogP contribution in [0.25, 0.3) is 10.9 Å². The first kappa shape index (κ1) is 22.9. The molecule has 34 heavy (non-hydrogen) atoms. The molecule has 0 aliphatic rings. The monoisotopic (exact) mass is 458 g/mol. The summed E-state index contributed by atoms with van der Waals surface area (Å²) in [6.07, 6.45) is 0.466. The summed E-state index contributed by atoms with van der Waals surface area (Å²) in [5.41, 5.74) is 1.23. The Hall–Kier alpha value is -4.26. The highest BCUT2D eigenvalue weighted by Crippen LogP contribution is 2.16. The summed E-state index contributed by atoms with van der Waals surface area (Å²) in [4.78, 5) is 39.3. The summed E-state index contributed by atoms with van der Waals surface area (Å²) < 4.78 is 19.3. The van der Waals surface area contributed by atoms with Crippen molar-refractivity contribution in [3.63, 3.8) is 0 Å². The van der Waals surface area contributed by atoms with E-state index in [0.717, 1.165) is 15.7 Å². The molecule has 3 aromatic carbocycles. The molecule has 0 saturated carbocycles. The van der Waals surface area contributed by atoms with Crippen molar-refractivity contribution in [2.24, 2.45) is 0 Å². The minimum Gasteiger partial charge on any atom is -0.497 e. The summed E-state index contributed by atoms with van der Waals surface area (Å²) in [7, 11) is 1.56. The summed E-state index contributed by atoms with van der Waals surface area (Å²) in [5.74, 6) is -0.668. The summed E-state index contributed by atoms with van der Waals surface area (Å²) in [5, 5.41) is 3.33. The first-order chi connectivity index (χ1) is 16.5. The molecule has 0 aliphatic carbocycles. The number of hydrogen-bond acceptors (Lipinski definition) is 4. The van der Waals surface area contributed by atoms with Crippen LogP contribution in [0.1, 0.15) is 26.3 Å². The van der Waals surface area contributed by atoms with Gasteiger partial charge in [-0.15, -0.1) is 0 Å². The smallest absolute Gasteiger partial charge is 0.270 e. The van der Waals surface area contributed by atoms with Gasteiger partial charge in [0.15, 0.2) is 0 Å². The molecule has 0 aliphatic heterocycles. The zero-order valence-corrected chi connectivity index (χ0v) is 18.6. The van der Waals surface area contributed by atoms with Crippen LogP contribution in [0.5, 0.6) is 5.75 Å². The quantitative estimate of drug-likeness (QED) is 0.454. The van der Waals surface area contributed by atoms with Crippen LogP contribution in [0.4, 0.5) is 4.39 Å².